The molecule has 0 aromatic rings. The smallest absolute Gasteiger partial charge is 0.394 e. The molecule has 6 nitrogen and oxygen atoms in total. The van der Waals surface area contributed by atoms with Crippen LogP contribution in [0.4, 0.5) is 0 Å². The van der Waals surface area contributed by atoms with Crippen molar-refractivity contribution in [3.8, 4) is 0 Å². The first kappa shape index (κ1) is 14.8. The minimum absolute atomic E-state index is 0.225. The van der Waals surface area contributed by atoms with Crippen molar-refractivity contribution < 1.29 is 27.1 Å². The van der Waals surface area contributed by atoms with Crippen LogP contribution in [0, 0.1) is 0 Å². The van der Waals surface area contributed by atoms with Crippen LogP contribution >= 0.6 is 0 Å². The Hall–Kier alpha value is -0.660. The van der Waals surface area contributed by atoms with E-state index in [0.717, 1.165) is 0 Å². The maximum atomic E-state index is 10.2. The number of rotatable bonds is 0. The fourth-order valence-corrected chi connectivity index (χ4v) is 0.431. The van der Waals surface area contributed by atoms with E-state index in [9.17, 15) is 4.79 Å². The first-order valence-corrected chi connectivity index (χ1v) is 4.71. The molecule has 0 aromatic heterocycles. The van der Waals surface area contributed by atoms with E-state index >= 15 is 0 Å². The summed E-state index contributed by atoms with van der Waals surface area (Å²) >= 11 is 0. The Kier molecular flexibility index (Phi) is 5.88. The average Bonchev–Trinajstić information content (AvgIpc) is 1.47. The summed E-state index contributed by atoms with van der Waals surface area (Å²) < 4.78 is 36.4. The Balaban J connectivity index is 0. The molecule has 0 atom stereocenters. The van der Waals surface area contributed by atoms with Crippen LogP contribution in [-0.2, 0) is 19.9 Å². The number of hydrogen-bond donors (Lipinski definition) is 2. The Morgan fingerprint density at radius 1 is 1.23 bits per heavy atom. The Morgan fingerprint density at radius 3 is 1.46 bits per heavy atom. The van der Waals surface area contributed by atoms with Gasteiger partial charge in [0, 0.05) is 6.92 Å². The molecule has 0 heterocycles. The molecule has 0 rings (SSSR count). The predicted molar refractivity (Wildman–Crippen MR) is 45.7 cm³/mol. The molecule has 0 unspecified atom stereocenters. The quantitative estimate of drug-likeness (QED) is 0.454. The zero-order chi connectivity index (χ0) is 11.3. The summed E-state index contributed by atoms with van der Waals surface area (Å²) in [5.74, 6) is -0.225. The first-order chi connectivity index (χ1) is 5.42. The summed E-state index contributed by atoms with van der Waals surface area (Å²) in [4.78, 5) is 10.2. The van der Waals surface area contributed by atoms with Gasteiger partial charge < -0.3 is 4.74 Å². The van der Waals surface area contributed by atoms with Gasteiger partial charge in [-0.1, -0.05) is 0 Å². The van der Waals surface area contributed by atoms with Crippen molar-refractivity contribution in [1.82, 2.24) is 0 Å². The van der Waals surface area contributed by atoms with Crippen LogP contribution in [0.15, 0.2) is 0 Å². The topological polar surface area (TPSA) is 101 Å². The van der Waals surface area contributed by atoms with Crippen LogP contribution in [0.5, 0.6) is 0 Å². The fraction of sp³-hybridized carbons (Fsp3) is 0.833. The number of ether oxygens (including phenoxy) is 1. The molecule has 0 amide bonds. The lowest BCUT2D eigenvalue weighted by Gasteiger charge is -2.17. The predicted octanol–water partition coefficient (Wildman–Crippen LogP) is 0.695. The van der Waals surface area contributed by atoms with Gasteiger partial charge in [0.1, 0.15) is 5.60 Å². The summed E-state index contributed by atoms with van der Waals surface area (Å²) in [6, 6.07) is 0. The third-order valence-electron chi connectivity index (χ3n) is 0.450. The SMILES string of the molecule is CC(=O)OC(C)(C)C.O=S(=O)(O)O. The van der Waals surface area contributed by atoms with Crippen LogP contribution in [0.3, 0.4) is 0 Å². The number of carbonyl (C=O) groups is 1. The van der Waals surface area contributed by atoms with Crippen LogP contribution in [0.2, 0.25) is 0 Å². The largest absolute Gasteiger partial charge is 0.460 e. The highest BCUT2D eigenvalue weighted by Crippen LogP contribution is 2.05. The molecular formula is C6H14O6S. The van der Waals surface area contributed by atoms with Gasteiger partial charge in [0.25, 0.3) is 0 Å². The monoisotopic (exact) mass is 214 g/mol. The third-order valence-corrected chi connectivity index (χ3v) is 0.450. The maximum Gasteiger partial charge on any atom is 0.394 e. The van der Waals surface area contributed by atoms with E-state index < -0.39 is 10.4 Å². The Bertz CT molecular complexity index is 239. The van der Waals surface area contributed by atoms with Gasteiger partial charge in [0.2, 0.25) is 0 Å². The molecule has 13 heavy (non-hydrogen) atoms. The lowest BCUT2D eigenvalue weighted by Crippen LogP contribution is -2.21. The van der Waals surface area contributed by atoms with Gasteiger partial charge in [-0.2, -0.15) is 8.42 Å². The number of hydrogen-bond acceptors (Lipinski definition) is 4. The van der Waals surface area contributed by atoms with E-state index in [0.29, 0.717) is 0 Å². The van der Waals surface area contributed by atoms with E-state index in [1.807, 2.05) is 20.8 Å². The third kappa shape index (κ3) is 52.5. The summed E-state index contributed by atoms with van der Waals surface area (Å²) in [7, 11) is -4.67. The van der Waals surface area contributed by atoms with Gasteiger partial charge in [0.15, 0.2) is 0 Å². The second-order valence-corrected chi connectivity index (χ2v) is 4.05. The molecule has 0 radical (unpaired) electrons. The van der Waals surface area contributed by atoms with Gasteiger partial charge in [-0.05, 0) is 20.8 Å². The van der Waals surface area contributed by atoms with Crippen LogP contribution in [-0.4, -0.2) is 29.1 Å². The van der Waals surface area contributed by atoms with Crippen molar-refractivity contribution >= 4 is 16.4 Å². The minimum Gasteiger partial charge on any atom is -0.460 e. The summed E-state index contributed by atoms with van der Waals surface area (Å²) in [6.45, 7) is 6.93. The summed E-state index contributed by atoms with van der Waals surface area (Å²) in [5, 5.41) is 0. The summed E-state index contributed by atoms with van der Waals surface area (Å²) in [5.41, 5.74) is -0.328. The van der Waals surface area contributed by atoms with Crippen LogP contribution < -0.4 is 0 Å². The second kappa shape index (κ2) is 5.15. The van der Waals surface area contributed by atoms with Crippen molar-refractivity contribution in [3.63, 3.8) is 0 Å². The zero-order valence-corrected chi connectivity index (χ0v) is 8.75. The molecule has 7 heteroatoms. The van der Waals surface area contributed by atoms with Gasteiger partial charge in [0.05, 0.1) is 0 Å². The number of esters is 1. The van der Waals surface area contributed by atoms with Gasteiger partial charge in [-0.3, -0.25) is 13.9 Å². The van der Waals surface area contributed by atoms with E-state index in [2.05, 4.69) is 0 Å². The molecule has 0 saturated carbocycles. The van der Waals surface area contributed by atoms with Crippen LogP contribution in [0.25, 0.3) is 0 Å². The molecule has 0 fully saturated rings. The lowest BCUT2D eigenvalue weighted by molar-refractivity contribution is -0.151. The zero-order valence-electron chi connectivity index (χ0n) is 7.94. The normalized spacial score (nSPS) is 11.2. The molecule has 0 aliphatic rings. The van der Waals surface area contributed by atoms with E-state index in [4.69, 9.17) is 22.3 Å². The maximum absolute atomic E-state index is 10.2. The van der Waals surface area contributed by atoms with Gasteiger partial charge in [-0.15, -0.1) is 0 Å². The molecular weight excluding hydrogens is 200 g/mol. The molecule has 0 aromatic carbocycles. The Labute approximate surface area is 77.5 Å². The standard InChI is InChI=1S/C6H12O2.H2O4S/c1-5(7)8-6(2,3)4;1-5(2,3)4/h1-4H3;(H2,1,2,3,4). The van der Waals surface area contributed by atoms with Crippen molar-refractivity contribution in [3.05, 3.63) is 0 Å². The minimum atomic E-state index is -4.67. The first-order valence-electron chi connectivity index (χ1n) is 3.31. The fourth-order valence-electron chi connectivity index (χ4n) is 0.431. The van der Waals surface area contributed by atoms with E-state index in [-0.39, 0.29) is 11.6 Å². The van der Waals surface area contributed by atoms with Crippen molar-refractivity contribution in [2.45, 2.75) is 33.3 Å². The lowest BCUT2D eigenvalue weighted by atomic mass is 10.2. The van der Waals surface area contributed by atoms with Crippen molar-refractivity contribution in [2.75, 3.05) is 0 Å². The van der Waals surface area contributed by atoms with Crippen molar-refractivity contribution in [1.29, 1.82) is 0 Å². The molecule has 0 bridgehead atoms. The van der Waals surface area contributed by atoms with Gasteiger partial charge >= 0.3 is 16.4 Å². The van der Waals surface area contributed by atoms with Crippen LogP contribution in [0.1, 0.15) is 27.7 Å². The number of carbonyl (C=O) groups excluding carboxylic acids is 1. The molecule has 0 spiro atoms. The second-order valence-electron chi connectivity index (χ2n) is 3.15. The van der Waals surface area contributed by atoms with E-state index in [1.165, 1.54) is 6.92 Å². The average molecular weight is 214 g/mol. The summed E-state index contributed by atoms with van der Waals surface area (Å²) in [6.07, 6.45) is 0. The molecule has 2 N–H and O–H groups in total. The highest BCUT2D eigenvalue weighted by atomic mass is 32.3. The highest BCUT2D eigenvalue weighted by molar-refractivity contribution is 7.79. The molecule has 80 valence electrons. The molecule has 0 aliphatic heterocycles. The van der Waals surface area contributed by atoms with Crippen molar-refractivity contribution in [2.24, 2.45) is 0 Å². The van der Waals surface area contributed by atoms with E-state index in [1.54, 1.807) is 0 Å². The highest BCUT2D eigenvalue weighted by Gasteiger charge is 2.11. The molecule has 0 aliphatic carbocycles. The molecule has 0 saturated heterocycles. The Morgan fingerprint density at radius 2 is 1.46 bits per heavy atom. The van der Waals surface area contributed by atoms with Gasteiger partial charge in [-0.25, -0.2) is 0 Å².